The van der Waals surface area contributed by atoms with Crippen LogP contribution >= 0.6 is 0 Å². The summed E-state index contributed by atoms with van der Waals surface area (Å²) in [5, 5.41) is 19.8. The summed E-state index contributed by atoms with van der Waals surface area (Å²) in [6, 6.07) is 6.32. The third-order valence-corrected chi connectivity index (χ3v) is 7.07. The Labute approximate surface area is 269 Å². The minimum absolute atomic E-state index is 0.00574. The van der Waals surface area contributed by atoms with Crippen molar-refractivity contribution in [2.24, 2.45) is 11.8 Å². The topological polar surface area (TPSA) is 167 Å². The van der Waals surface area contributed by atoms with Crippen LogP contribution in [0.1, 0.15) is 58.6 Å². The highest BCUT2D eigenvalue weighted by atomic mass is 19.4. The summed E-state index contributed by atoms with van der Waals surface area (Å²) in [5.41, 5.74) is -2.27. The number of phenolic OH excluding ortho intramolecular Hbond substituents is 1. The van der Waals surface area contributed by atoms with Crippen molar-refractivity contribution in [1.82, 2.24) is 16.0 Å². The molecule has 3 atom stereocenters. The number of hydrogen-bond acceptors (Lipinski definition) is 7. The van der Waals surface area contributed by atoms with E-state index in [2.05, 4.69) is 21.3 Å². The van der Waals surface area contributed by atoms with Gasteiger partial charge in [-0.3, -0.25) is 19.2 Å². The molecule has 0 bridgehead atoms. The second-order valence-corrected chi connectivity index (χ2v) is 12.2. The highest BCUT2D eigenvalue weighted by molar-refractivity contribution is 6.00. The van der Waals surface area contributed by atoms with E-state index in [4.69, 9.17) is 4.42 Å². The van der Waals surface area contributed by atoms with Gasteiger partial charge in [0.05, 0.1) is 5.56 Å². The second-order valence-electron chi connectivity index (χ2n) is 12.2. The summed E-state index contributed by atoms with van der Waals surface area (Å²) in [4.78, 5) is 64.0. The fourth-order valence-corrected chi connectivity index (χ4v) is 4.98. The van der Waals surface area contributed by atoms with Crippen molar-refractivity contribution in [3.05, 3.63) is 70.1 Å². The maximum Gasteiger partial charge on any atom is 0.417 e. The first-order valence-electron chi connectivity index (χ1n) is 15.0. The molecule has 0 saturated heterocycles. The molecule has 0 aliphatic carbocycles. The first-order chi connectivity index (χ1) is 21.9. The van der Waals surface area contributed by atoms with Crippen molar-refractivity contribution >= 4 is 40.3 Å². The largest absolute Gasteiger partial charge is 0.508 e. The smallest absolute Gasteiger partial charge is 0.417 e. The number of nitrogens with one attached hydrogen (secondary N) is 4. The molecule has 1 heterocycles. The van der Waals surface area contributed by atoms with E-state index in [1.54, 1.807) is 12.1 Å². The van der Waals surface area contributed by atoms with Gasteiger partial charge in [-0.2, -0.15) is 13.2 Å². The molecule has 254 valence electrons. The average molecular weight is 661 g/mol. The lowest BCUT2D eigenvalue weighted by Gasteiger charge is -2.27. The molecule has 0 spiro atoms. The Morgan fingerprint density at radius 2 is 1.34 bits per heavy atom. The fourth-order valence-electron chi connectivity index (χ4n) is 4.98. The highest BCUT2D eigenvalue weighted by Crippen LogP contribution is 2.34. The monoisotopic (exact) mass is 660 g/mol. The molecule has 3 rings (SSSR count). The number of aromatic hydroxyl groups is 1. The molecule has 0 saturated carbocycles. The van der Waals surface area contributed by atoms with Gasteiger partial charge in [0.2, 0.25) is 23.6 Å². The van der Waals surface area contributed by atoms with E-state index in [9.17, 15) is 42.3 Å². The zero-order valence-corrected chi connectivity index (χ0v) is 26.7. The van der Waals surface area contributed by atoms with Crippen LogP contribution in [0.3, 0.4) is 0 Å². The van der Waals surface area contributed by atoms with Gasteiger partial charge in [-0.15, -0.1) is 0 Å². The predicted molar refractivity (Wildman–Crippen MR) is 168 cm³/mol. The summed E-state index contributed by atoms with van der Waals surface area (Å²) in [7, 11) is 0. The molecule has 2 aromatic carbocycles. The lowest BCUT2D eigenvalue weighted by Crippen LogP contribution is -2.56. The Morgan fingerprint density at radius 1 is 0.787 bits per heavy atom. The van der Waals surface area contributed by atoms with E-state index >= 15 is 0 Å². The van der Waals surface area contributed by atoms with Crippen molar-refractivity contribution in [3.8, 4) is 5.75 Å². The van der Waals surface area contributed by atoms with Gasteiger partial charge in [-0.05, 0) is 54.5 Å². The zero-order valence-electron chi connectivity index (χ0n) is 26.7. The fraction of sp³-hybridized carbons (Fsp3) is 0.424. The summed E-state index contributed by atoms with van der Waals surface area (Å²) in [6.07, 6.45) is -4.37. The highest BCUT2D eigenvalue weighted by Gasteiger charge is 2.34. The number of fused-ring (bicyclic) bond motifs is 1. The van der Waals surface area contributed by atoms with E-state index in [-0.39, 0.29) is 41.5 Å². The molecule has 3 aromatic rings. The Hall–Kier alpha value is -4.88. The van der Waals surface area contributed by atoms with Crippen LogP contribution in [0.25, 0.3) is 11.0 Å². The van der Waals surface area contributed by atoms with Crippen LogP contribution < -0.4 is 26.9 Å². The Morgan fingerprint density at radius 3 is 1.87 bits per heavy atom. The minimum Gasteiger partial charge on any atom is -0.508 e. The van der Waals surface area contributed by atoms with Gasteiger partial charge in [0.25, 0.3) is 0 Å². The number of alkyl halides is 3. The number of carbonyl (C=O) groups is 4. The molecule has 0 fully saturated rings. The first kappa shape index (κ1) is 36.6. The van der Waals surface area contributed by atoms with Gasteiger partial charge in [-0.25, -0.2) is 4.79 Å². The van der Waals surface area contributed by atoms with E-state index < -0.39 is 64.7 Å². The number of rotatable bonds is 13. The quantitative estimate of drug-likeness (QED) is 0.171. The molecule has 0 aliphatic heterocycles. The summed E-state index contributed by atoms with van der Waals surface area (Å²) in [6.45, 7) is 8.73. The number of benzene rings is 2. The van der Waals surface area contributed by atoms with E-state index in [0.29, 0.717) is 18.1 Å². The molecule has 0 aliphatic rings. The van der Waals surface area contributed by atoms with E-state index in [1.807, 2.05) is 27.7 Å². The molecule has 0 unspecified atom stereocenters. The van der Waals surface area contributed by atoms with Crippen molar-refractivity contribution in [2.75, 3.05) is 5.32 Å². The molecule has 14 heteroatoms. The molecular formula is C33H39F3N4O7. The number of anilines is 1. The average Bonchev–Trinajstić information content (AvgIpc) is 2.95. The first-order valence-corrected chi connectivity index (χ1v) is 15.0. The summed E-state index contributed by atoms with van der Waals surface area (Å²) in [5.74, 6) is -2.45. The second kappa shape index (κ2) is 15.6. The predicted octanol–water partition coefficient (Wildman–Crippen LogP) is 4.27. The third kappa shape index (κ3) is 10.9. The van der Waals surface area contributed by atoms with Gasteiger partial charge < -0.3 is 30.8 Å². The van der Waals surface area contributed by atoms with Crippen molar-refractivity contribution in [1.29, 1.82) is 0 Å². The molecule has 4 amide bonds. The Balaban J connectivity index is 1.91. The number of phenols is 1. The normalized spacial score (nSPS) is 13.6. The Bertz CT molecular complexity index is 1650. The van der Waals surface area contributed by atoms with Gasteiger partial charge in [-0.1, -0.05) is 39.8 Å². The molecule has 1 aromatic heterocycles. The molecule has 47 heavy (non-hydrogen) atoms. The zero-order chi connectivity index (χ0) is 35.1. The van der Waals surface area contributed by atoms with Crippen LogP contribution in [0.4, 0.5) is 18.9 Å². The van der Waals surface area contributed by atoms with Crippen LogP contribution in [0.15, 0.2) is 57.7 Å². The number of halogens is 3. The molecule has 0 radical (unpaired) electrons. The van der Waals surface area contributed by atoms with Crippen molar-refractivity contribution in [3.63, 3.8) is 0 Å². The standard InChI is InChI=1S/C33H39F3N4O7/c1-17(2)12-25(37-19(5)41)31(45)39-26(13-18(3)4)32(46)40-27(14-20-6-9-22(42)10-7-20)30(44)38-21-8-11-23-24(33(34,35)36)16-29(43)47-28(23)15-21/h6-11,15-18,25-27,42H,12-14H2,1-5H3,(H,37,41)(H,38,44)(H,39,45)(H,40,46)/t25-,26-,27-/m0/s1. The molecular weight excluding hydrogens is 621 g/mol. The minimum atomic E-state index is -4.82. The maximum atomic E-state index is 13.6. The van der Waals surface area contributed by atoms with Gasteiger partial charge in [0.1, 0.15) is 29.5 Å². The SMILES string of the molecule is CC(=O)N[C@@H](CC(C)C)C(=O)N[C@@H](CC(C)C)C(=O)N[C@@H](Cc1ccc(O)cc1)C(=O)Nc1ccc2c(C(F)(F)F)cc(=O)oc2c1. The van der Waals surface area contributed by atoms with Crippen LogP contribution in [0.2, 0.25) is 0 Å². The van der Waals surface area contributed by atoms with Crippen molar-refractivity contribution in [2.45, 2.75) is 78.2 Å². The van der Waals surface area contributed by atoms with Gasteiger partial charge >= 0.3 is 11.8 Å². The Kier molecular flexibility index (Phi) is 12.1. The number of hydrogen-bond donors (Lipinski definition) is 5. The lowest BCUT2D eigenvalue weighted by molar-refractivity contribution is -0.136. The van der Waals surface area contributed by atoms with Gasteiger partial charge in [0, 0.05) is 36.6 Å². The van der Waals surface area contributed by atoms with E-state index in [0.717, 1.165) is 12.1 Å². The number of carbonyl (C=O) groups excluding carboxylic acids is 4. The molecule has 5 N–H and O–H groups in total. The molecule has 11 nitrogen and oxygen atoms in total. The summed E-state index contributed by atoms with van der Waals surface area (Å²) >= 11 is 0. The lowest BCUT2D eigenvalue weighted by atomic mass is 9.99. The van der Waals surface area contributed by atoms with E-state index in [1.165, 1.54) is 25.1 Å². The number of amides is 4. The van der Waals surface area contributed by atoms with Crippen LogP contribution in [0.5, 0.6) is 5.75 Å². The van der Waals surface area contributed by atoms with Crippen LogP contribution in [-0.4, -0.2) is 46.9 Å². The summed E-state index contributed by atoms with van der Waals surface area (Å²) < 4.78 is 45.4. The third-order valence-electron chi connectivity index (χ3n) is 7.07. The van der Waals surface area contributed by atoms with Crippen LogP contribution in [0, 0.1) is 11.8 Å². The van der Waals surface area contributed by atoms with Gasteiger partial charge in [0.15, 0.2) is 0 Å². The van der Waals surface area contributed by atoms with Crippen molar-refractivity contribution < 1.29 is 41.9 Å². The maximum absolute atomic E-state index is 13.6. The van der Waals surface area contributed by atoms with Crippen LogP contribution in [-0.2, 0) is 31.8 Å².